The number of H-pyrrole nitrogens is 1. The third-order valence-corrected chi connectivity index (χ3v) is 5.55. The first kappa shape index (κ1) is 18.8. The Morgan fingerprint density at radius 1 is 1.07 bits per heavy atom. The highest BCUT2D eigenvalue weighted by molar-refractivity contribution is 5.99. The number of fused-ring (bicyclic) bond motifs is 2. The monoisotopic (exact) mass is 402 g/mol. The molecular formula is C23H26N6O. The minimum absolute atomic E-state index is 0.774. The smallest absolute Gasteiger partial charge is 0.142 e. The molecule has 0 amide bonds. The first-order valence-electron chi connectivity index (χ1n) is 10.4. The Morgan fingerprint density at radius 3 is 2.80 bits per heavy atom. The van der Waals surface area contributed by atoms with E-state index in [1.165, 1.54) is 5.69 Å². The number of pyridine rings is 1. The second kappa shape index (κ2) is 8.30. The van der Waals surface area contributed by atoms with Gasteiger partial charge in [0, 0.05) is 43.4 Å². The molecule has 2 aromatic carbocycles. The van der Waals surface area contributed by atoms with Crippen LogP contribution in [0.5, 0.6) is 0 Å². The summed E-state index contributed by atoms with van der Waals surface area (Å²) >= 11 is 0. The lowest BCUT2D eigenvalue weighted by Gasteiger charge is -2.28. The number of nitrogens with zero attached hydrogens (tertiary/aromatic N) is 3. The predicted octanol–water partition coefficient (Wildman–Crippen LogP) is 3.25. The SMILES string of the molecule is CNCCNc1c(-c2nc3ccc(N4CCOCC4)cc3[nH]2)cnc2ccccc12. The number of likely N-dealkylation sites (N-methyl/N-ethyl adjacent to an activating group) is 1. The van der Waals surface area contributed by atoms with E-state index in [0.717, 1.165) is 78.4 Å². The summed E-state index contributed by atoms with van der Waals surface area (Å²) in [6.45, 7) is 5.08. The molecule has 0 atom stereocenters. The van der Waals surface area contributed by atoms with Crippen LogP contribution in [0.4, 0.5) is 11.4 Å². The van der Waals surface area contributed by atoms with E-state index in [1.54, 1.807) is 0 Å². The maximum atomic E-state index is 5.48. The standard InChI is InChI=1S/C23H26N6O/c1-24-8-9-25-22-17-4-2-3-5-19(17)26-15-18(22)23-27-20-7-6-16(14-21(20)28-23)29-10-12-30-13-11-29/h2-7,14-15,24H,8-13H2,1H3,(H,25,26)(H,27,28). The first-order chi connectivity index (χ1) is 14.8. The summed E-state index contributed by atoms with van der Waals surface area (Å²) in [6, 6.07) is 14.6. The van der Waals surface area contributed by atoms with Gasteiger partial charge in [-0.15, -0.1) is 0 Å². The van der Waals surface area contributed by atoms with Crippen molar-refractivity contribution in [2.75, 3.05) is 56.7 Å². The van der Waals surface area contributed by atoms with Gasteiger partial charge in [0.15, 0.2) is 0 Å². The number of morpholine rings is 1. The van der Waals surface area contributed by atoms with Crippen LogP contribution in [0.2, 0.25) is 0 Å². The number of imidazole rings is 1. The van der Waals surface area contributed by atoms with Crippen LogP contribution >= 0.6 is 0 Å². The van der Waals surface area contributed by atoms with Gasteiger partial charge in [-0.3, -0.25) is 4.98 Å². The van der Waals surface area contributed by atoms with Crippen LogP contribution < -0.4 is 15.5 Å². The average Bonchev–Trinajstić information content (AvgIpc) is 3.23. The van der Waals surface area contributed by atoms with Crippen molar-refractivity contribution < 1.29 is 4.74 Å². The fourth-order valence-electron chi connectivity index (χ4n) is 3.97. The lowest BCUT2D eigenvalue weighted by molar-refractivity contribution is 0.122. The number of para-hydroxylation sites is 1. The molecule has 1 saturated heterocycles. The van der Waals surface area contributed by atoms with Crippen LogP contribution in [0.15, 0.2) is 48.7 Å². The minimum Gasteiger partial charge on any atom is -0.383 e. The Labute approximate surface area is 175 Å². The normalized spacial score (nSPS) is 14.5. The summed E-state index contributed by atoms with van der Waals surface area (Å²) in [4.78, 5) is 15.4. The van der Waals surface area contributed by atoms with Crippen molar-refractivity contribution in [1.82, 2.24) is 20.3 Å². The van der Waals surface area contributed by atoms with Gasteiger partial charge in [-0.25, -0.2) is 4.98 Å². The van der Waals surface area contributed by atoms with Crippen molar-refractivity contribution in [3.8, 4) is 11.4 Å². The highest BCUT2D eigenvalue weighted by atomic mass is 16.5. The zero-order valence-corrected chi connectivity index (χ0v) is 17.1. The maximum absolute atomic E-state index is 5.48. The van der Waals surface area contributed by atoms with E-state index in [1.807, 2.05) is 31.4 Å². The number of anilines is 2. The van der Waals surface area contributed by atoms with Crippen LogP contribution in [0.1, 0.15) is 0 Å². The Kier molecular flexibility index (Phi) is 5.21. The Bertz CT molecular complexity index is 1170. The van der Waals surface area contributed by atoms with Gasteiger partial charge in [-0.2, -0.15) is 0 Å². The van der Waals surface area contributed by atoms with Crippen molar-refractivity contribution >= 4 is 33.3 Å². The molecule has 1 fully saturated rings. The van der Waals surface area contributed by atoms with Gasteiger partial charge in [0.1, 0.15) is 5.82 Å². The van der Waals surface area contributed by atoms with E-state index in [-0.39, 0.29) is 0 Å². The third kappa shape index (κ3) is 3.58. The maximum Gasteiger partial charge on any atom is 0.142 e. The zero-order chi connectivity index (χ0) is 20.3. The molecule has 4 aromatic rings. The van der Waals surface area contributed by atoms with E-state index in [4.69, 9.17) is 9.72 Å². The second-order valence-corrected chi connectivity index (χ2v) is 7.48. The fourth-order valence-corrected chi connectivity index (χ4v) is 3.97. The Balaban J connectivity index is 1.56. The van der Waals surface area contributed by atoms with Crippen molar-refractivity contribution in [1.29, 1.82) is 0 Å². The van der Waals surface area contributed by atoms with Gasteiger partial charge in [-0.1, -0.05) is 18.2 Å². The van der Waals surface area contributed by atoms with Crippen molar-refractivity contribution in [2.45, 2.75) is 0 Å². The number of aromatic amines is 1. The molecule has 0 bridgehead atoms. The summed E-state index contributed by atoms with van der Waals surface area (Å²) in [5, 5.41) is 7.87. The largest absolute Gasteiger partial charge is 0.383 e. The molecule has 7 heteroatoms. The van der Waals surface area contributed by atoms with Gasteiger partial charge in [0.2, 0.25) is 0 Å². The van der Waals surface area contributed by atoms with Gasteiger partial charge in [0.25, 0.3) is 0 Å². The zero-order valence-electron chi connectivity index (χ0n) is 17.1. The number of aromatic nitrogens is 3. The number of hydrogen-bond donors (Lipinski definition) is 3. The quantitative estimate of drug-likeness (QED) is 0.430. The number of hydrogen-bond acceptors (Lipinski definition) is 6. The third-order valence-electron chi connectivity index (χ3n) is 5.55. The van der Waals surface area contributed by atoms with E-state index in [9.17, 15) is 0 Å². The van der Waals surface area contributed by atoms with Crippen molar-refractivity contribution in [3.05, 3.63) is 48.7 Å². The van der Waals surface area contributed by atoms with E-state index >= 15 is 0 Å². The summed E-state index contributed by atoms with van der Waals surface area (Å²) in [5.74, 6) is 0.828. The lowest BCUT2D eigenvalue weighted by Crippen LogP contribution is -2.36. The van der Waals surface area contributed by atoms with Gasteiger partial charge in [0.05, 0.1) is 41.0 Å². The van der Waals surface area contributed by atoms with Crippen LogP contribution in [0.25, 0.3) is 33.3 Å². The molecule has 3 N–H and O–H groups in total. The van der Waals surface area contributed by atoms with Gasteiger partial charge >= 0.3 is 0 Å². The first-order valence-corrected chi connectivity index (χ1v) is 10.4. The summed E-state index contributed by atoms with van der Waals surface area (Å²) in [6.07, 6.45) is 1.91. The van der Waals surface area contributed by atoms with Crippen LogP contribution in [0, 0.1) is 0 Å². The Hall–Kier alpha value is -3.16. The average molecular weight is 403 g/mol. The molecule has 3 heterocycles. The number of benzene rings is 2. The number of nitrogens with one attached hydrogen (secondary N) is 3. The number of rotatable bonds is 6. The van der Waals surface area contributed by atoms with Crippen LogP contribution in [-0.4, -0.2) is 61.4 Å². The minimum atomic E-state index is 0.774. The highest BCUT2D eigenvalue weighted by Crippen LogP contribution is 2.33. The molecule has 5 rings (SSSR count). The molecule has 0 radical (unpaired) electrons. The summed E-state index contributed by atoms with van der Waals surface area (Å²) in [7, 11) is 1.96. The second-order valence-electron chi connectivity index (χ2n) is 7.48. The van der Waals surface area contributed by atoms with Gasteiger partial charge in [-0.05, 0) is 31.3 Å². The molecular weight excluding hydrogens is 376 g/mol. The topological polar surface area (TPSA) is 78.1 Å². The van der Waals surface area contributed by atoms with E-state index < -0.39 is 0 Å². The van der Waals surface area contributed by atoms with Crippen molar-refractivity contribution in [2.24, 2.45) is 0 Å². The molecule has 0 unspecified atom stereocenters. The predicted molar refractivity (Wildman–Crippen MR) is 122 cm³/mol. The van der Waals surface area contributed by atoms with Crippen LogP contribution in [0.3, 0.4) is 0 Å². The molecule has 1 aliphatic heterocycles. The fraction of sp³-hybridized carbons (Fsp3) is 0.304. The van der Waals surface area contributed by atoms with E-state index in [0.29, 0.717) is 0 Å². The van der Waals surface area contributed by atoms with Gasteiger partial charge < -0.3 is 25.3 Å². The van der Waals surface area contributed by atoms with E-state index in [2.05, 4.69) is 49.8 Å². The molecule has 1 aliphatic rings. The molecule has 7 nitrogen and oxygen atoms in total. The Morgan fingerprint density at radius 2 is 1.93 bits per heavy atom. The number of ether oxygens (including phenoxy) is 1. The molecule has 30 heavy (non-hydrogen) atoms. The lowest BCUT2D eigenvalue weighted by atomic mass is 10.1. The molecule has 2 aromatic heterocycles. The molecule has 154 valence electrons. The van der Waals surface area contributed by atoms with Crippen molar-refractivity contribution in [3.63, 3.8) is 0 Å². The molecule has 0 spiro atoms. The summed E-state index contributed by atoms with van der Waals surface area (Å²) in [5.41, 5.74) is 6.20. The van der Waals surface area contributed by atoms with Crippen LogP contribution in [-0.2, 0) is 4.74 Å². The highest BCUT2D eigenvalue weighted by Gasteiger charge is 2.16. The molecule has 0 aliphatic carbocycles. The summed E-state index contributed by atoms with van der Waals surface area (Å²) < 4.78 is 5.48. The molecule has 0 saturated carbocycles.